The molecule has 2 aromatic carbocycles. The molecule has 2 N–H and O–H groups in total. The van der Waals surface area contributed by atoms with Crippen molar-refractivity contribution in [3.05, 3.63) is 78.4 Å². The van der Waals surface area contributed by atoms with Gasteiger partial charge in [-0.1, -0.05) is 46.4 Å². The first kappa shape index (κ1) is 22.2. The lowest BCUT2D eigenvalue weighted by atomic mass is 10.2. The molecule has 1 aromatic heterocycles. The first-order valence-corrected chi connectivity index (χ1v) is 9.87. The molecule has 0 atom stereocenters. The number of hydrogen-bond donors (Lipinski definition) is 2. The van der Waals surface area contributed by atoms with Gasteiger partial charge in [0.1, 0.15) is 0 Å². The van der Waals surface area contributed by atoms with E-state index < -0.39 is 18.5 Å². The van der Waals surface area contributed by atoms with Crippen molar-refractivity contribution in [2.24, 2.45) is 0 Å². The maximum absolute atomic E-state index is 12.2. The number of rotatable bonds is 5. The van der Waals surface area contributed by atoms with Gasteiger partial charge in [0, 0.05) is 11.9 Å². The van der Waals surface area contributed by atoms with Gasteiger partial charge in [0.05, 0.1) is 37.0 Å². The second-order valence-corrected chi connectivity index (χ2v) is 7.66. The van der Waals surface area contributed by atoms with Crippen LogP contribution >= 0.6 is 46.4 Å². The second kappa shape index (κ2) is 9.14. The number of H-pyrrole nitrogens is 1. The van der Waals surface area contributed by atoms with Crippen LogP contribution in [0.5, 0.6) is 0 Å². The third-order valence-electron chi connectivity index (χ3n) is 4.03. The van der Waals surface area contributed by atoms with Crippen LogP contribution in [0.3, 0.4) is 0 Å². The third-order valence-corrected chi connectivity index (χ3v) is 5.61. The molecule has 0 aliphatic carbocycles. The number of benzene rings is 2. The number of esters is 1. The number of carbonyl (C=O) groups excluding carboxylic acids is 2. The Morgan fingerprint density at radius 2 is 1.67 bits per heavy atom. The summed E-state index contributed by atoms with van der Waals surface area (Å²) in [5, 5.41) is 2.65. The summed E-state index contributed by atoms with van der Waals surface area (Å²) in [6, 6.07) is 7.49. The fraction of sp³-hybridized carbons (Fsp3) is 0.105. The van der Waals surface area contributed by atoms with Crippen molar-refractivity contribution in [1.29, 1.82) is 0 Å². The van der Waals surface area contributed by atoms with E-state index in [-0.39, 0.29) is 37.0 Å². The zero-order valence-electron chi connectivity index (χ0n) is 15.3. The minimum Gasteiger partial charge on any atom is -0.452 e. The van der Waals surface area contributed by atoms with E-state index >= 15 is 0 Å². The molecule has 7 nitrogen and oxygen atoms in total. The Labute approximate surface area is 190 Å². The zero-order chi connectivity index (χ0) is 22.0. The van der Waals surface area contributed by atoms with E-state index in [4.69, 9.17) is 51.1 Å². The van der Waals surface area contributed by atoms with Crippen LogP contribution in [0.4, 0.5) is 5.69 Å². The Balaban J connectivity index is 1.65. The lowest BCUT2D eigenvalue weighted by Gasteiger charge is -2.12. The van der Waals surface area contributed by atoms with Crippen molar-refractivity contribution in [2.75, 3.05) is 11.9 Å². The quantitative estimate of drug-likeness (QED) is 0.395. The van der Waals surface area contributed by atoms with Crippen LogP contribution in [-0.2, 0) is 9.53 Å². The first-order valence-electron chi connectivity index (χ1n) is 8.36. The average Bonchev–Trinajstić information content (AvgIpc) is 3.06. The summed E-state index contributed by atoms with van der Waals surface area (Å²) < 4.78 is 6.45. The molecule has 1 heterocycles. The SMILES string of the molecule is Cc1c[nH]c(=O)n1-c1ccc(C(=O)OCC(=O)Nc2c(Cl)c(Cl)cc(Cl)c2Cl)cc1. The summed E-state index contributed by atoms with van der Waals surface area (Å²) in [6.45, 7) is 1.18. The molecule has 0 aliphatic heterocycles. The molecule has 0 bridgehead atoms. The van der Waals surface area contributed by atoms with Crippen molar-refractivity contribution >= 4 is 64.0 Å². The molecule has 0 spiro atoms. The van der Waals surface area contributed by atoms with E-state index in [1.807, 2.05) is 0 Å². The molecule has 0 saturated carbocycles. The van der Waals surface area contributed by atoms with E-state index in [9.17, 15) is 14.4 Å². The number of anilines is 1. The van der Waals surface area contributed by atoms with E-state index in [1.54, 1.807) is 25.3 Å². The van der Waals surface area contributed by atoms with Crippen LogP contribution in [0, 0.1) is 6.92 Å². The van der Waals surface area contributed by atoms with Crippen molar-refractivity contribution < 1.29 is 14.3 Å². The topological polar surface area (TPSA) is 93.2 Å². The molecule has 0 aliphatic rings. The number of nitrogens with one attached hydrogen (secondary N) is 2. The molecule has 1 amide bonds. The number of aromatic nitrogens is 2. The molecule has 0 unspecified atom stereocenters. The van der Waals surface area contributed by atoms with Crippen molar-refractivity contribution in [3.63, 3.8) is 0 Å². The molecule has 3 rings (SSSR count). The molecular formula is C19H13Cl4N3O4. The van der Waals surface area contributed by atoms with Crippen LogP contribution in [0.2, 0.25) is 20.1 Å². The third kappa shape index (κ3) is 4.65. The van der Waals surface area contributed by atoms with Crippen molar-refractivity contribution in [2.45, 2.75) is 6.92 Å². The normalized spacial score (nSPS) is 10.7. The standard InChI is InChI=1S/C19H13Cl4N3O4/c1-9-7-24-19(29)26(9)11-4-2-10(3-5-11)18(28)30-8-14(27)25-17-15(22)12(20)6-13(21)16(17)23/h2-7H,8H2,1H3,(H,24,29)(H,25,27). The Morgan fingerprint density at radius 3 is 2.20 bits per heavy atom. The minimum atomic E-state index is -0.726. The molecule has 156 valence electrons. The Bertz CT molecular complexity index is 1160. The number of carbonyl (C=O) groups is 2. The highest BCUT2D eigenvalue weighted by atomic mass is 35.5. The fourth-order valence-corrected chi connectivity index (χ4v) is 3.50. The number of aryl methyl sites for hydroxylation is 1. The highest BCUT2D eigenvalue weighted by Gasteiger charge is 2.18. The van der Waals surface area contributed by atoms with Gasteiger partial charge in [0.15, 0.2) is 6.61 Å². The number of hydrogen-bond acceptors (Lipinski definition) is 4. The molecule has 3 aromatic rings. The van der Waals surface area contributed by atoms with Gasteiger partial charge in [0.25, 0.3) is 5.91 Å². The molecule has 0 fully saturated rings. The van der Waals surface area contributed by atoms with Crippen LogP contribution in [0.15, 0.2) is 41.3 Å². The van der Waals surface area contributed by atoms with Gasteiger partial charge < -0.3 is 15.0 Å². The number of amides is 1. The predicted molar refractivity (Wildman–Crippen MR) is 117 cm³/mol. The van der Waals surface area contributed by atoms with Crippen LogP contribution in [0.1, 0.15) is 16.1 Å². The minimum absolute atomic E-state index is 0.0108. The Kier molecular flexibility index (Phi) is 6.77. The van der Waals surface area contributed by atoms with Crippen LogP contribution < -0.4 is 11.0 Å². The summed E-state index contributed by atoms with van der Waals surface area (Å²) in [6.07, 6.45) is 1.58. The van der Waals surface area contributed by atoms with Gasteiger partial charge in [-0.3, -0.25) is 9.36 Å². The van der Waals surface area contributed by atoms with E-state index in [2.05, 4.69) is 10.3 Å². The first-order chi connectivity index (χ1) is 14.2. The maximum Gasteiger partial charge on any atom is 0.338 e. The summed E-state index contributed by atoms with van der Waals surface area (Å²) >= 11 is 23.9. The van der Waals surface area contributed by atoms with Gasteiger partial charge in [-0.15, -0.1) is 0 Å². The monoisotopic (exact) mass is 487 g/mol. The van der Waals surface area contributed by atoms with Gasteiger partial charge >= 0.3 is 11.7 Å². The highest BCUT2D eigenvalue weighted by Crippen LogP contribution is 2.40. The summed E-state index contributed by atoms with van der Waals surface area (Å²) in [7, 11) is 0. The van der Waals surface area contributed by atoms with Gasteiger partial charge in [-0.05, 0) is 37.3 Å². The number of aromatic amines is 1. The fourth-order valence-electron chi connectivity index (χ4n) is 2.60. The molecular weight excluding hydrogens is 476 g/mol. The largest absolute Gasteiger partial charge is 0.452 e. The molecule has 30 heavy (non-hydrogen) atoms. The van der Waals surface area contributed by atoms with Crippen LogP contribution in [0.25, 0.3) is 5.69 Å². The number of halogens is 4. The maximum atomic E-state index is 12.2. The van der Waals surface area contributed by atoms with Crippen molar-refractivity contribution in [1.82, 2.24) is 9.55 Å². The lowest BCUT2D eigenvalue weighted by Crippen LogP contribution is -2.21. The summed E-state index contributed by atoms with van der Waals surface area (Å²) in [5.74, 6) is -1.41. The van der Waals surface area contributed by atoms with Crippen molar-refractivity contribution in [3.8, 4) is 5.69 Å². The number of ether oxygens (including phenoxy) is 1. The molecule has 11 heteroatoms. The van der Waals surface area contributed by atoms with E-state index in [0.717, 1.165) is 0 Å². The highest BCUT2D eigenvalue weighted by molar-refractivity contribution is 6.50. The Hall–Kier alpha value is -2.45. The Morgan fingerprint density at radius 1 is 1.07 bits per heavy atom. The lowest BCUT2D eigenvalue weighted by molar-refractivity contribution is -0.119. The van der Waals surface area contributed by atoms with Gasteiger partial charge in [-0.2, -0.15) is 0 Å². The average molecular weight is 489 g/mol. The van der Waals surface area contributed by atoms with Crippen LogP contribution in [-0.4, -0.2) is 28.0 Å². The second-order valence-electron chi connectivity index (χ2n) is 6.08. The zero-order valence-corrected chi connectivity index (χ0v) is 18.3. The smallest absolute Gasteiger partial charge is 0.338 e. The number of nitrogens with zero attached hydrogens (tertiary/aromatic N) is 1. The predicted octanol–water partition coefficient (Wildman–Crippen LogP) is 4.88. The number of imidazole rings is 1. The van der Waals surface area contributed by atoms with E-state index in [1.165, 1.54) is 22.8 Å². The summed E-state index contributed by atoms with van der Waals surface area (Å²) in [4.78, 5) is 38.7. The molecule has 0 radical (unpaired) electrons. The molecule has 0 saturated heterocycles. The van der Waals surface area contributed by atoms with E-state index in [0.29, 0.717) is 11.4 Å². The van der Waals surface area contributed by atoms with Gasteiger partial charge in [0.2, 0.25) is 0 Å². The van der Waals surface area contributed by atoms with Gasteiger partial charge in [-0.25, -0.2) is 9.59 Å². The summed E-state index contributed by atoms with van der Waals surface area (Å²) in [5.41, 5.74) is 1.22.